The van der Waals surface area contributed by atoms with Crippen molar-refractivity contribution in [2.75, 3.05) is 0 Å². The first kappa shape index (κ1) is 5.14. The molecule has 0 saturated carbocycles. The number of hydrogen-bond donors (Lipinski definition) is 0. The normalized spacial score (nSPS) is 21.0. The van der Waals surface area contributed by atoms with Crippen LogP contribution >= 0.6 is 0 Å². The Balaban J connectivity index is 2.43. The van der Waals surface area contributed by atoms with Gasteiger partial charge in [0, 0.05) is 0 Å². The molecule has 0 atom stereocenters. The van der Waals surface area contributed by atoms with Crippen molar-refractivity contribution in [2.45, 2.75) is 6.42 Å². The fraction of sp³-hybridized carbons (Fsp3) is 0.143. The molecule has 0 unspecified atom stereocenters. The third-order valence-corrected chi connectivity index (χ3v) is 4.91. The number of hydrogen-bond acceptors (Lipinski definition) is 0. The zero-order valence-electron chi connectivity index (χ0n) is 4.59. The van der Waals surface area contributed by atoms with E-state index in [0.717, 1.165) is 0 Å². The Morgan fingerprint density at radius 3 is 3.25 bits per heavy atom. The minimum atomic E-state index is -0.292. The van der Waals surface area contributed by atoms with Crippen LogP contribution in [0.5, 0.6) is 0 Å². The van der Waals surface area contributed by atoms with Crippen molar-refractivity contribution >= 4 is 0 Å². The summed E-state index contributed by atoms with van der Waals surface area (Å²) in [6.07, 6.45) is 8.11. The molecule has 1 aliphatic carbocycles. The van der Waals surface area contributed by atoms with Gasteiger partial charge in [-0.05, 0) is 0 Å². The zero-order valence-corrected chi connectivity index (χ0v) is 7.43. The molecule has 0 saturated heterocycles. The van der Waals surface area contributed by atoms with Gasteiger partial charge in [-0.2, -0.15) is 0 Å². The van der Waals surface area contributed by atoms with E-state index < -0.39 is 0 Å². The van der Waals surface area contributed by atoms with Crippen LogP contribution in [0.15, 0.2) is 29.1 Å². The van der Waals surface area contributed by atoms with E-state index in [1.807, 2.05) is 0 Å². The molecule has 37 valence electrons. The molecule has 0 nitrogen and oxygen atoms in total. The van der Waals surface area contributed by atoms with Gasteiger partial charge in [-0.15, -0.1) is 0 Å². The summed E-state index contributed by atoms with van der Waals surface area (Å²) in [6, 6.07) is 0. The molecular weight excluding hydrogens is 173 g/mol. The molecule has 1 heterocycles. The van der Waals surface area contributed by atoms with Crippen molar-refractivity contribution in [3.05, 3.63) is 29.1 Å². The summed E-state index contributed by atoms with van der Waals surface area (Å²) < 4.78 is 4.21. The summed E-state index contributed by atoms with van der Waals surface area (Å²) in [5.41, 5.74) is 1.55. The van der Waals surface area contributed by atoms with Crippen molar-refractivity contribution in [3.8, 4) is 0 Å². The predicted molar refractivity (Wildman–Crippen MR) is 29.9 cm³/mol. The van der Waals surface area contributed by atoms with Crippen LogP contribution in [-0.4, -0.2) is 0 Å². The summed E-state index contributed by atoms with van der Waals surface area (Å²) >= 11 is -0.292. The van der Waals surface area contributed by atoms with Crippen molar-refractivity contribution in [3.63, 3.8) is 0 Å². The Bertz CT molecular complexity index is 176. The summed E-state index contributed by atoms with van der Waals surface area (Å²) in [5.74, 6) is 0. The molecule has 0 aromatic rings. The van der Waals surface area contributed by atoms with Crippen molar-refractivity contribution in [1.82, 2.24) is 0 Å². The zero-order chi connectivity index (χ0) is 5.40. The first-order valence-electron chi connectivity index (χ1n) is 2.88. The molecular formula is C7H6Y. The Morgan fingerprint density at radius 1 is 1.38 bits per heavy atom. The van der Waals surface area contributed by atoms with E-state index in [9.17, 15) is 0 Å². The molecule has 0 aromatic carbocycles. The third-order valence-electron chi connectivity index (χ3n) is 1.58. The molecule has 1 heteroatoms. The molecule has 0 bridgehead atoms. The van der Waals surface area contributed by atoms with Gasteiger partial charge in [0.2, 0.25) is 0 Å². The minimum absolute atomic E-state index is 0.292. The Labute approximate surface area is 64.3 Å². The van der Waals surface area contributed by atoms with E-state index in [2.05, 4.69) is 21.1 Å². The van der Waals surface area contributed by atoms with Crippen molar-refractivity contribution < 1.29 is 29.2 Å². The second kappa shape index (κ2) is 1.93. The quantitative estimate of drug-likeness (QED) is 0.531. The van der Waals surface area contributed by atoms with Gasteiger partial charge >= 0.3 is 64.7 Å². The van der Waals surface area contributed by atoms with Crippen molar-refractivity contribution in [2.24, 2.45) is 0 Å². The van der Waals surface area contributed by atoms with E-state index in [0.29, 0.717) is 0 Å². The van der Waals surface area contributed by atoms with Crippen LogP contribution in [0.3, 0.4) is 0 Å². The molecule has 0 fully saturated rings. The number of allylic oxidation sites excluding steroid dienone is 5. The van der Waals surface area contributed by atoms with Crippen LogP contribution in [0.4, 0.5) is 0 Å². The molecule has 0 aromatic heterocycles. The maximum atomic E-state index is 2.42. The summed E-state index contributed by atoms with van der Waals surface area (Å²) in [7, 11) is 0. The molecule has 1 aliphatic heterocycles. The Hall–Kier alpha value is 0.324. The second-order valence-corrected chi connectivity index (χ2v) is 5.59. The van der Waals surface area contributed by atoms with Gasteiger partial charge in [0.1, 0.15) is 0 Å². The van der Waals surface area contributed by atoms with Crippen LogP contribution < -0.4 is 0 Å². The predicted octanol–water partition coefficient (Wildman–Crippen LogP) is 1.81. The van der Waals surface area contributed by atoms with E-state index in [4.69, 9.17) is 0 Å². The first-order valence-corrected chi connectivity index (χ1v) is 5.94. The molecule has 0 N–H and O–H groups in total. The molecule has 0 spiro atoms. The molecule has 0 radical (unpaired) electrons. The molecule has 0 amide bonds. The average molecular weight is 179 g/mol. The third kappa shape index (κ3) is 0.673. The number of rotatable bonds is 0. The van der Waals surface area contributed by atoms with Gasteiger partial charge in [0.15, 0.2) is 0 Å². The summed E-state index contributed by atoms with van der Waals surface area (Å²) in [4.78, 5) is 0. The standard InChI is InChI=1S/C7H6.Y/c1-2-7-5-3-4-6-7;/h1-3,5H,4H2;. The maximum absolute atomic E-state index is 2.42. The van der Waals surface area contributed by atoms with E-state index in [-0.39, 0.29) is 29.2 Å². The fourth-order valence-electron chi connectivity index (χ4n) is 1.13. The molecule has 2 rings (SSSR count). The van der Waals surface area contributed by atoms with Crippen molar-refractivity contribution in [1.29, 1.82) is 0 Å². The fourth-order valence-corrected chi connectivity index (χ4v) is 4.06. The van der Waals surface area contributed by atoms with Crippen LogP contribution in [-0.2, 0) is 29.2 Å². The summed E-state index contributed by atoms with van der Waals surface area (Å²) in [5, 5.41) is 0. The van der Waals surface area contributed by atoms with Gasteiger partial charge in [-0.1, -0.05) is 0 Å². The van der Waals surface area contributed by atoms with Crippen LogP contribution in [0.25, 0.3) is 0 Å². The first-order chi connectivity index (χ1) is 3.97. The monoisotopic (exact) mass is 179 g/mol. The summed E-state index contributed by atoms with van der Waals surface area (Å²) in [6.45, 7) is 0. The Kier molecular flexibility index (Phi) is 1.24. The van der Waals surface area contributed by atoms with Crippen LogP contribution in [0.1, 0.15) is 6.42 Å². The van der Waals surface area contributed by atoms with Gasteiger partial charge in [0.25, 0.3) is 0 Å². The molecule has 8 heavy (non-hydrogen) atoms. The van der Waals surface area contributed by atoms with Gasteiger partial charge in [0.05, 0.1) is 0 Å². The van der Waals surface area contributed by atoms with E-state index in [1.54, 1.807) is 7.96 Å². The van der Waals surface area contributed by atoms with Crippen LogP contribution in [0, 0.1) is 0 Å². The second-order valence-electron chi connectivity index (χ2n) is 2.11. The average Bonchev–Trinajstić information content (AvgIpc) is 2.15. The van der Waals surface area contributed by atoms with Gasteiger partial charge in [-0.25, -0.2) is 0 Å². The van der Waals surface area contributed by atoms with Gasteiger partial charge < -0.3 is 0 Å². The van der Waals surface area contributed by atoms with E-state index >= 15 is 0 Å². The van der Waals surface area contributed by atoms with Gasteiger partial charge in [-0.3, -0.25) is 0 Å². The SMILES string of the molecule is C1=CC2=[C](C1)[Y][CH]=C2. The Morgan fingerprint density at radius 2 is 2.38 bits per heavy atom. The molecule has 2 aliphatic rings. The van der Waals surface area contributed by atoms with E-state index in [1.165, 1.54) is 6.42 Å². The van der Waals surface area contributed by atoms with Crippen LogP contribution in [0.2, 0.25) is 0 Å². The topological polar surface area (TPSA) is 0 Å².